The molecule has 0 aromatic heterocycles. The molecule has 0 fully saturated rings. The van der Waals surface area contributed by atoms with Crippen molar-refractivity contribution in [3.63, 3.8) is 0 Å². The molecule has 1 rings (SSSR count). The molecule has 0 spiro atoms. The van der Waals surface area contributed by atoms with E-state index in [-0.39, 0.29) is 24.6 Å². The zero-order valence-corrected chi connectivity index (χ0v) is 6.40. The summed E-state index contributed by atoms with van der Waals surface area (Å²) in [6.45, 7) is 1.78. The molecule has 0 unspecified atom stereocenters. The predicted molar refractivity (Wildman–Crippen MR) is 31.8 cm³/mol. The topological polar surface area (TPSA) is 34.1 Å². The van der Waals surface area contributed by atoms with E-state index >= 15 is 0 Å². The smallest absolute Gasteiger partial charge is 0.244 e. The van der Waals surface area contributed by atoms with E-state index in [0.29, 0.717) is 0 Å². The second-order valence-electron chi connectivity index (χ2n) is 1.90. The van der Waals surface area contributed by atoms with Gasteiger partial charge in [0.1, 0.15) is 0 Å². The average Bonchev–Trinajstić information content (AvgIpc) is 1.82. The summed E-state index contributed by atoms with van der Waals surface area (Å²) in [7, 11) is -2.81. The minimum absolute atomic E-state index is 0. The Morgan fingerprint density at radius 3 is 2.33 bits per heavy atom. The maximum atomic E-state index is 10.5. The van der Waals surface area contributed by atoms with Gasteiger partial charge in [-0.3, -0.25) is 0 Å². The van der Waals surface area contributed by atoms with Crippen molar-refractivity contribution in [2.75, 3.05) is 5.75 Å². The first-order valence-electron chi connectivity index (χ1n) is 2.34. The van der Waals surface area contributed by atoms with Gasteiger partial charge in [0.2, 0.25) is 0 Å². The Labute approximate surface area is 67.4 Å². The standard InChI is InChI=1S/C5H7O2S.Li/c1-5-2-3-8(6,7)4-5;/h2,4H,3H2,1H3;/q-1;+1. The number of sulfone groups is 1. The summed E-state index contributed by atoms with van der Waals surface area (Å²) in [6, 6.07) is 0. The van der Waals surface area contributed by atoms with Gasteiger partial charge in [0.05, 0.1) is 9.84 Å². The Morgan fingerprint density at radius 1 is 1.67 bits per heavy atom. The summed E-state index contributed by atoms with van der Waals surface area (Å²) in [5, 5.41) is 0. The molecule has 0 aromatic carbocycles. The summed E-state index contributed by atoms with van der Waals surface area (Å²) in [4.78, 5) is 0. The monoisotopic (exact) mass is 138 g/mol. The minimum Gasteiger partial charge on any atom is -0.244 e. The molecule has 9 heavy (non-hydrogen) atoms. The molecule has 46 valence electrons. The Balaban J connectivity index is 0.000000640. The van der Waals surface area contributed by atoms with Crippen LogP contribution in [0, 0.1) is 5.75 Å². The van der Waals surface area contributed by atoms with Crippen LogP contribution in [0.5, 0.6) is 0 Å². The molecule has 0 amide bonds. The number of rotatable bonds is 0. The van der Waals surface area contributed by atoms with Crippen molar-refractivity contribution in [1.82, 2.24) is 0 Å². The summed E-state index contributed by atoms with van der Waals surface area (Å²) in [5.74, 6) is 1.49. The molecule has 0 N–H and O–H groups in total. The van der Waals surface area contributed by atoms with Gasteiger partial charge in [-0.1, -0.05) is 6.92 Å². The minimum atomic E-state index is -2.81. The molecule has 1 heterocycles. The largest absolute Gasteiger partial charge is 1.00 e. The average molecular weight is 138 g/mol. The quantitative estimate of drug-likeness (QED) is 0.274. The zero-order chi connectivity index (χ0) is 6.20. The van der Waals surface area contributed by atoms with E-state index in [4.69, 9.17) is 0 Å². The van der Waals surface area contributed by atoms with Gasteiger partial charge in [0.25, 0.3) is 0 Å². The summed E-state index contributed by atoms with van der Waals surface area (Å²) in [6.07, 6.45) is 1.70. The van der Waals surface area contributed by atoms with E-state index in [2.05, 4.69) is 0 Å². The van der Waals surface area contributed by atoms with Crippen molar-refractivity contribution in [2.24, 2.45) is 0 Å². The van der Waals surface area contributed by atoms with E-state index in [9.17, 15) is 8.42 Å². The summed E-state index contributed by atoms with van der Waals surface area (Å²) >= 11 is 0. The molecular weight excluding hydrogens is 131 g/mol. The van der Waals surface area contributed by atoms with Gasteiger partial charge in [-0.2, -0.15) is 0 Å². The van der Waals surface area contributed by atoms with Gasteiger partial charge < -0.3 is 0 Å². The normalized spacial score (nSPS) is 21.7. The molecule has 2 nitrogen and oxygen atoms in total. The van der Waals surface area contributed by atoms with Crippen LogP contribution in [0.1, 0.15) is 6.92 Å². The van der Waals surface area contributed by atoms with Gasteiger partial charge in [0, 0.05) is 0 Å². The van der Waals surface area contributed by atoms with Gasteiger partial charge in [-0.15, -0.1) is 5.75 Å². The van der Waals surface area contributed by atoms with Gasteiger partial charge >= 0.3 is 18.9 Å². The third kappa shape index (κ3) is 2.48. The van der Waals surface area contributed by atoms with Crippen LogP contribution >= 0.6 is 0 Å². The zero-order valence-electron chi connectivity index (χ0n) is 5.59. The van der Waals surface area contributed by atoms with Crippen LogP contribution < -0.4 is 18.9 Å². The van der Waals surface area contributed by atoms with Crippen molar-refractivity contribution in [1.29, 1.82) is 0 Å². The van der Waals surface area contributed by atoms with Crippen molar-refractivity contribution in [3.05, 3.63) is 17.4 Å². The van der Waals surface area contributed by atoms with Crippen molar-refractivity contribution >= 4 is 9.84 Å². The third-order valence-corrected chi connectivity index (χ3v) is 2.37. The van der Waals surface area contributed by atoms with E-state index in [1.165, 1.54) is 5.75 Å². The summed E-state index contributed by atoms with van der Waals surface area (Å²) < 4.78 is 21.1. The molecular formula is C5H7LiO2S. The first-order chi connectivity index (χ1) is 3.60. The maximum absolute atomic E-state index is 10.5. The fourth-order valence-electron chi connectivity index (χ4n) is 0.627. The number of hydrogen-bond donors (Lipinski definition) is 0. The van der Waals surface area contributed by atoms with Crippen LogP contribution in [0.2, 0.25) is 0 Å². The van der Waals surface area contributed by atoms with Gasteiger partial charge in [-0.25, -0.2) is 20.1 Å². The van der Waals surface area contributed by atoms with E-state index in [1.54, 1.807) is 13.0 Å². The van der Waals surface area contributed by atoms with Crippen molar-refractivity contribution in [3.8, 4) is 0 Å². The second-order valence-corrected chi connectivity index (χ2v) is 3.79. The van der Waals surface area contributed by atoms with E-state index < -0.39 is 9.84 Å². The molecule has 0 aromatic rings. The Bertz CT molecular complexity index is 215. The van der Waals surface area contributed by atoms with Crippen LogP contribution in [-0.4, -0.2) is 14.2 Å². The first kappa shape index (κ1) is 9.16. The Kier molecular flexibility index (Phi) is 2.88. The van der Waals surface area contributed by atoms with Gasteiger partial charge in [0.15, 0.2) is 0 Å². The van der Waals surface area contributed by atoms with E-state index in [1.807, 2.05) is 0 Å². The van der Waals surface area contributed by atoms with Crippen molar-refractivity contribution in [2.45, 2.75) is 6.92 Å². The number of hydrogen-bond acceptors (Lipinski definition) is 2. The predicted octanol–water partition coefficient (Wildman–Crippen LogP) is -2.47. The fraction of sp³-hybridized carbons (Fsp3) is 0.400. The van der Waals surface area contributed by atoms with Gasteiger partial charge in [-0.05, 0) is 5.75 Å². The third-order valence-electron chi connectivity index (χ3n) is 1.00. The first-order valence-corrected chi connectivity index (χ1v) is 4.06. The second kappa shape index (κ2) is 2.83. The van der Waals surface area contributed by atoms with Crippen LogP contribution in [-0.2, 0) is 9.84 Å². The molecule has 0 saturated carbocycles. The molecule has 4 heteroatoms. The molecule has 0 radical (unpaired) electrons. The van der Waals surface area contributed by atoms with E-state index in [0.717, 1.165) is 5.57 Å². The Morgan fingerprint density at radius 2 is 2.22 bits per heavy atom. The SMILES string of the molecule is CC1=CCS(=O)(=O)[CH-]1.[Li+]. The van der Waals surface area contributed by atoms with Crippen molar-refractivity contribution < 1.29 is 27.3 Å². The fourth-order valence-corrected chi connectivity index (χ4v) is 1.88. The molecule has 0 aliphatic carbocycles. The summed E-state index contributed by atoms with van der Waals surface area (Å²) in [5.41, 5.74) is 0.852. The Hall–Kier alpha value is 0.157. The van der Waals surface area contributed by atoms with Crippen LogP contribution in [0.4, 0.5) is 0 Å². The van der Waals surface area contributed by atoms with Crippen LogP contribution in [0.3, 0.4) is 0 Å². The molecule has 0 saturated heterocycles. The van der Waals surface area contributed by atoms with Crippen LogP contribution in [0.15, 0.2) is 11.6 Å². The molecule has 1 aliphatic rings. The molecule has 0 atom stereocenters. The van der Waals surface area contributed by atoms with Crippen LogP contribution in [0.25, 0.3) is 0 Å². The molecule has 1 aliphatic heterocycles. The maximum Gasteiger partial charge on any atom is 1.00 e. The molecule has 0 bridgehead atoms.